The van der Waals surface area contributed by atoms with E-state index in [0.29, 0.717) is 6.04 Å². The van der Waals surface area contributed by atoms with Gasteiger partial charge >= 0.3 is 0 Å². The van der Waals surface area contributed by atoms with E-state index in [-0.39, 0.29) is 0 Å². The first-order valence-electron chi connectivity index (χ1n) is 7.83. The van der Waals surface area contributed by atoms with Crippen molar-refractivity contribution >= 4 is 0 Å². The van der Waals surface area contributed by atoms with Crippen molar-refractivity contribution in [3.63, 3.8) is 0 Å². The van der Waals surface area contributed by atoms with Gasteiger partial charge in [0.15, 0.2) is 0 Å². The van der Waals surface area contributed by atoms with E-state index in [1.807, 2.05) is 0 Å². The molecule has 3 atom stereocenters. The minimum atomic E-state index is 0.686. The smallest absolute Gasteiger partial charge is 0.00636 e. The lowest BCUT2D eigenvalue weighted by molar-refractivity contribution is 0.125. The zero-order valence-electron chi connectivity index (χ0n) is 14.3. The molecular formula is C17H37N. The van der Waals surface area contributed by atoms with Crippen LogP contribution in [0.3, 0.4) is 0 Å². The summed E-state index contributed by atoms with van der Waals surface area (Å²) in [5, 5.41) is 0. The summed E-state index contributed by atoms with van der Waals surface area (Å²) >= 11 is 0. The molecule has 0 spiro atoms. The molecule has 0 aliphatic rings. The predicted octanol–water partition coefficient (Wildman–Crippen LogP) is 4.92. The van der Waals surface area contributed by atoms with Crippen molar-refractivity contribution in [3.8, 4) is 0 Å². The van der Waals surface area contributed by atoms with Gasteiger partial charge in [0.2, 0.25) is 0 Å². The fraction of sp³-hybridized carbons (Fsp3) is 1.00. The van der Waals surface area contributed by atoms with Gasteiger partial charge in [-0.1, -0.05) is 41.5 Å². The van der Waals surface area contributed by atoms with Crippen LogP contribution in [0.15, 0.2) is 0 Å². The van der Waals surface area contributed by atoms with Crippen molar-refractivity contribution in [2.24, 2.45) is 29.6 Å². The third kappa shape index (κ3) is 6.22. The summed E-state index contributed by atoms with van der Waals surface area (Å²) in [4.78, 5) is 2.36. The Hall–Kier alpha value is -0.0400. The topological polar surface area (TPSA) is 3.24 Å². The molecule has 0 rings (SSSR count). The monoisotopic (exact) mass is 255 g/mol. The number of hydrogen-bond acceptors (Lipinski definition) is 1. The molecule has 18 heavy (non-hydrogen) atoms. The molecule has 1 nitrogen and oxygen atoms in total. The van der Waals surface area contributed by atoms with E-state index in [1.165, 1.54) is 12.8 Å². The molecule has 110 valence electrons. The lowest BCUT2D eigenvalue weighted by Gasteiger charge is -2.37. The number of rotatable bonds is 8. The highest BCUT2D eigenvalue weighted by molar-refractivity contribution is 4.80. The molecule has 0 radical (unpaired) electrons. The Morgan fingerprint density at radius 2 is 1.06 bits per heavy atom. The van der Waals surface area contributed by atoms with E-state index in [1.54, 1.807) is 0 Å². The van der Waals surface area contributed by atoms with Crippen molar-refractivity contribution in [1.82, 2.24) is 4.90 Å². The van der Waals surface area contributed by atoms with Crippen molar-refractivity contribution in [3.05, 3.63) is 0 Å². The quantitative estimate of drug-likeness (QED) is 0.595. The Morgan fingerprint density at radius 3 is 1.33 bits per heavy atom. The van der Waals surface area contributed by atoms with Gasteiger partial charge in [0.1, 0.15) is 0 Å². The second-order valence-corrected chi connectivity index (χ2v) is 7.49. The number of hydrogen-bond donors (Lipinski definition) is 0. The largest absolute Gasteiger partial charge is 0.307 e. The van der Waals surface area contributed by atoms with Crippen molar-refractivity contribution in [2.75, 3.05) is 14.1 Å². The summed E-state index contributed by atoms with van der Waals surface area (Å²) in [7, 11) is 4.41. The first-order valence-corrected chi connectivity index (χ1v) is 7.83. The molecule has 0 aliphatic carbocycles. The molecule has 0 fully saturated rings. The molecule has 1 heteroatoms. The molecule has 0 aromatic heterocycles. The molecule has 0 aromatic rings. The Kier molecular flexibility index (Phi) is 8.18. The van der Waals surface area contributed by atoms with E-state index < -0.39 is 0 Å². The number of nitrogens with zero attached hydrogens (tertiary/aromatic N) is 1. The molecule has 0 bridgehead atoms. The van der Waals surface area contributed by atoms with Gasteiger partial charge in [-0.15, -0.1) is 0 Å². The third-order valence-corrected chi connectivity index (χ3v) is 4.50. The Bertz CT molecular complexity index is 206. The van der Waals surface area contributed by atoms with Crippen LogP contribution >= 0.6 is 0 Å². The Balaban J connectivity index is 4.81. The van der Waals surface area contributed by atoms with Crippen LogP contribution in [0.1, 0.15) is 61.3 Å². The second kappa shape index (κ2) is 8.19. The molecule has 0 aliphatic heterocycles. The summed E-state index contributed by atoms with van der Waals surface area (Å²) in [5.74, 6) is 4.12. The molecule has 0 aromatic carbocycles. The van der Waals surface area contributed by atoms with E-state index in [9.17, 15) is 0 Å². The first kappa shape index (κ1) is 18.0. The average Bonchev–Trinajstić information content (AvgIpc) is 2.21. The van der Waals surface area contributed by atoms with Crippen LogP contribution in [-0.2, 0) is 0 Å². The van der Waals surface area contributed by atoms with Gasteiger partial charge in [0.25, 0.3) is 0 Å². The van der Waals surface area contributed by atoms with Crippen molar-refractivity contribution < 1.29 is 0 Å². The van der Waals surface area contributed by atoms with E-state index in [4.69, 9.17) is 0 Å². The summed E-state index contributed by atoms with van der Waals surface area (Å²) in [6, 6.07) is 0.686. The molecular weight excluding hydrogens is 218 g/mol. The average molecular weight is 255 g/mol. The highest BCUT2D eigenvalue weighted by Gasteiger charge is 2.29. The van der Waals surface area contributed by atoms with Crippen molar-refractivity contribution in [2.45, 2.75) is 67.3 Å². The van der Waals surface area contributed by atoms with Crippen LogP contribution in [-0.4, -0.2) is 25.0 Å². The normalized spacial score (nSPS) is 17.8. The van der Waals surface area contributed by atoms with E-state index >= 15 is 0 Å². The van der Waals surface area contributed by atoms with Gasteiger partial charge in [-0.05, 0) is 63.5 Å². The fourth-order valence-electron chi connectivity index (χ4n) is 3.03. The van der Waals surface area contributed by atoms with Gasteiger partial charge in [0.05, 0.1) is 0 Å². The van der Waals surface area contributed by atoms with Gasteiger partial charge in [-0.25, -0.2) is 0 Å². The lowest BCUT2D eigenvalue weighted by atomic mass is 9.71. The lowest BCUT2D eigenvalue weighted by Crippen LogP contribution is -2.34. The molecule has 0 amide bonds. The summed E-state index contributed by atoms with van der Waals surface area (Å²) < 4.78 is 0. The Labute approximate surface area is 116 Å². The third-order valence-electron chi connectivity index (χ3n) is 4.50. The van der Waals surface area contributed by atoms with Gasteiger partial charge in [0, 0.05) is 6.04 Å². The highest BCUT2D eigenvalue weighted by Crippen LogP contribution is 2.36. The second-order valence-electron chi connectivity index (χ2n) is 7.49. The van der Waals surface area contributed by atoms with E-state index in [0.717, 1.165) is 29.6 Å². The van der Waals surface area contributed by atoms with E-state index in [2.05, 4.69) is 67.5 Å². The molecule has 0 N–H and O–H groups in total. The minimum Gasteiger partial charge on any atom is -0.307 e. The summed E-state index contributed by atoms with van der Waals surface area (Å²) in [6.45, 7) is 16.7. The highest BCUT2D eigenvalue weighted by atomic mass is 15.1. The maximum Gasteiger partial charge on any atom is 0.00636 e. The van der Waals surface area contributed by atoms with Crippen LogP contribution in [0, 0.1) is 29.6 Å². The molecule has 0 saturated heterocycles. The molecule has 3 unspecified atom stereocenters. The zero-order valence-corrected chi connectivity index (χ0v) is 14.3. The predicted molar refractivity (Wildman–Crippen MR) is 83.9 cm³/mol. The van der Waals surface area contributed by atoms with Gasteiger partial charge in [-0.2, -0.15) is 0 Å². The zero-order chi connectivity index (χ0) is 14.5. The minimum absolute atomic E-state index is 0.686. The first-order chi connectivity index (χ1) is 8.16. The van der Waals surface area contributed by atoms with Crippen molar-refractivity contribution in [1.29, 1.82) is 0 Å². The maximum absolute atomic E-state index is 2.41. The SMILES string of the molecule is CC(C)CC(C(C)C)C(CC(C)N(C)C)C(C)C. The van der Waals surface area contributed by atoms with Crippen LogP contribution < -0.4 is 0 Å². The Morgan fingerprint density at radius 1 is 0.667 bits per heavy atom. The fourth-order valence-corrected chi connectivity index (χ4v) is 3.03. The van der Waals surface area contributed by atoms with Crippen LogP contribution in [0.5, 0.6) is 0 Å². The summed E-state index contributed by atoms with van der Waals surface area (Å²) in [5.41, 5.74) is 0. The van der Waals surface area contributed by atoms with Crippen LogP contribution in [0.25, 0.3) is 0 Å². The molecule has 0 saturated carbocycles. The summed E-state index contributed by atoms with van der Waals surface area (Å²) in [6.07, 6.45) is 2.71. The maximum atomic E-state index is 2.41. The van der Waals surface area contributed by atoms with Gasteiger partial charge < -0.3 is 4.90 Å². The standard InChI is InChI=1S/C17H37N/c1-12(2)10-16(13(3)4)17(14(5)6)11-15(7)18(8)9/h12-17H,10-11H2,1-9H3. The van der Waals surface area contributed by atoms with Crippen LogP contribution in [0.2, 0.25) is 0 Å². The van der Waals surface area contributed by atoms with Crippen LogP contribution in [0.4, 0.5) is 0 Å². The van der Waals surface area contributed by atoms with Gasteiger partial charge in [-0.3, -0.25) is 0 Å². The molecule has 0 heterocycles.